The van der Waals surface area contributed by atoms with Crippen molar-refractivity contribution in [2.75, 3.05) is 31.1 Å². The molecule has 2 aromatic heterocycles. The van der Waals surface area contributed by atoms with Gasteiger partial charge in [0.15, 0.2) is 5.76 Å². The van der Waals surface area contributed by atoms with Gasteiger partial charge in [-0.3, -0.25) is 9.59 Å². The SMILES string of the molecule is CC(C)[C@@H](NC(=O)c1ccco1)C(=O)N1CCN(c2ccccn2)CC1. The Labute approximate surface area is 153 Å². The van der Waals surface area contributed by atoms with Crippen molar-refractivity contribution in [3.8, 4) is 0 Å². The minimum atomic E-state index is -0.575. The van der Waals surface area contributed by atoms with Crippen LogP contribution in [0.1, 0.15) is 24.4 Å². The maximum Gasteiger partial charge on any atom is 0.287 e. The number of nitrogens with one attached hydrogen (secondary N) is 1. The average molecular weight is 356 g/mol. The van der Waals surface area contributed by atoms with E-state index in [2.05, 4.69) is 15.2 Å². The first kappa shape index (κ1) is 18.0. The summed E-state index contributed by atoms with van der Waals surface area (Å²) in [6.45, 7) is 6.51. The highest BCUT2D eigenvalue weighted by molar-refractivity contribution is 5.95. The minimum Gasteiger partial charge on any atom is -0.459 e. The first-order chi connectivity index (χ1) is 12.6. The predicted octanol–water partition coefficient (Wildman–Crippen LogP) is 1.78. The smallest absolute Gasteiger partial charge is 0.287 e. The van der Waals surface area contributed by atoms with Crippen molar-refractivity contribution in [1.29, 1.82) is 0 Å². The number of amides is 2. The van der Waals surface area contributed by atoms with Crippen molar-refractivity contribution < 1.29 is 14.0 Å². The van der Waals surface area contributed by atoms with E-state index in [1.807, 2.05) is 36.9 Å². The van der Waals surface area contributed by atoms with Crippen molar-refractivity contribution in [2.24, 2.45) is 5.92 Å². The molecule has 7 nitrogen and oxygen atoms in total. The summed E-state index contributed by atoms with van der Waals surface area (Å²) in [7, 11) is 0. The Hall–Kier alpha value is -2.83. The van der Waals surface area contributed by atoms with Gasteiger partial charge in [-0.05, 0) is 30.2 Å². The molecule has 2 aromatic rings. The Balaban J connectivity index is 1.60. The summed E-state index contributed by atoms with van der Waals surface area (Å²) < 4.78 is 5.11. The van der Waals surface area contributed by atoms with Gasteiger partial charge in [-0.2, -0.15) is 0 Å². The number of carbonyl (C=O) groups excluding carboxylic acids is 2. The van der Waals surface area contributed by atoms with E-state index in [1.54, 1.807) is 18.3 Å². The number of hydrogen-bond donors (Lipinski definition) is 1. The number of nitrogens with zero attached hydrogens (tertiary/aromatic N) is 3. The molecular formula is C19H24N4O3. The molecule has 7 heteroatoms. The quantitative estimate of drug-likeness (QED) is 0.883. The number of rotatable bonds is 5. The zero-order valence-corrected chi connectivity index (χ0v) is 15.1. The molecule has 1 atom stereocenters. The van der Waals surface area contributed by atoms with Crippen molar-refractivity contribution >= 4 is 17.6 Å². The van der Waals surface area contributed by atoms with Gasteiger partial charge in [0.05, 0.1) is 6.26 Å². The molecule has 26 heavy (non-hydrogen) atoms. The third-order valence-corrected chi connectivity index (χ3v) is 4.53. The van der Waals surface area contributed by atoms with E-state index in [4.69, 9.17) is 4.42 Å². The van der Waals surface area contributed by atoms with E-state index in [-0.39, 0.29) is 23.5 Å². The van der Waals surface area contributed by atoms with Gasteiger partial charge in [0, 0.05) is 32.4 Å². The summed E-state index contributed by atoms with van der Waals surface area (Å²) in [5.41, 5.74) is 0. The van der Waals surface area contributed by atoms with Crippen LogP contribution < -0.4 is 10.2 Å². The third kappa shape index (κ3) is 4.04. The second-order valence-electron chi connectivity index (χ2n) is 6.67. The van der Waals surface area contributed by atoms with Gasteiger partial charge < -0.3 is 19.5 Å². The Morgan fingerprint density at radius 1 is 1.12 bits per heavy atom. The molecular weight excluding hydrogens is 332 g/mol. The molecule has 1 aliphatic heterocycles. The highest BCUT2D eigenvalue weighted by Gasteiger charge is 2.31. The largest absolute Gasteiger partial charge is 0.459 e. The first-order valence-electron chi connectivity index (χ1n) is 8.85. The Morgan fingerprint density at radius 2 is 1.88 bits per heavy atom. The molecule has 0 radical (unpaired) electrons. The summed E-state index contributed by atoms with van der Waals surface area (Å²) in [4.78, 5) is 33.5. The van der Waals surface area contributed by atoms with Gasteiger partial charge in [-0.25, -0.2) is 4.98 Å². The van der Waals surface area contributed by atoms with E-state index < -0.39 is 6.04 Å². The van der Waals surface area contributed by atoms with Crippen molar-refractivity contribution in [3.05, 3.63) is 48.6 Å². The molecule has 0 aromatic carbocycles. The monoisotopic (exact) mass is 356 g/mol. The highest BCUT2D eigenvalue weighted by Crippen LogP contribution is 2.15. The highest BCUT2D eigenvalue weighted by atomic mass is 16.3. The zero-order valence-electron chi connectivity index (χ0n) is 15.1. The number of piperazine rings is 1. The van der Waals surface area contributed by atoms with Crippen LogP contribution in [0.5, 0.6) is 0 Å². The normalized spacial score (nSPS) is 15.8. The molecule has 1 saturated heterocycles. The summed E-state index contributed by atoms with van der Waals surface area (Å²) in [6, 6.07) is 8.48. The Bertz CT molecular complexity index is 723. The van der Waals surface area contributed by atoms with E-state index in [1.165, 1.54) is 6.26 Å². The van der Waals surface area contributed by atoms with Crippen LogP contribution in [0.25, 0.3) is 0 Å². The van der Waals surface area contributed by atoms with Gasteiger partial charge in [-0.1, -0.05) is 19.9 Å². The summed E-state index contributed by atoms with van der Waals surface area (Å²) >= 11 is 0. The van der Waals surface area contributed by atoms with Gasteiger partial charge in [0.1, 0.15) is 11.9 Å². The van der Waals surface area contributed by atoms with Crippen LogP contribution in [0.4, 0.5) is 5.82 Å². The zero-order chi connectivity index (χ0) is 18.5. The standard InChI is InChI=1S/C19H24N4O3/c1-14(2)17(21-18(24)15-6-5-13-26-15)19(25)23-11-9-22(10-12-23)16-7-3-4-8-20-16/h3-8,13-14,17H,9-12H2,1-2H3,(H,21,24)/t17-/m1/s1. The van der Waals surface area contributed by atoms with Crippen LogP contribution in [-0.4, -0.2) is 53.9 Å². The molecule has 1 N–H and O–H groups in total. The van der Waals surface area contributed by atoms with Gasteiger partial charge in [0.2, 0.25) is 5.91 Å². The maximum absolute atomic E-state index is 12.9. The predicted molar refractivity (Wildman–Crippen MR) is 97.8 cm³/mol. The fourth-order valence-corrected chi connectivity index (χ4v) is 3.03. The van der Waals surface area contributed by atoms with Gasteiger partial charge in [0.25, 0.3) is 5.91 Å². The molecule has 0 saturated carbocycles. The van der Waals surface area contributed by atoms with E-state index in [0.717, 1.165) is 18.9 Å². The minimum absolute atomic E-state index is 0.0183. The fraction of sp³-hybridized carbons (Fsp3) is 0.421. The molecule has 3 rings (SSSR count). The number of aromatic nitrogens is 1. The number of furan rings is 1. The molecule has 1 aliphatic rings. The molecule has 1 fully saturated rings. The Kier molecular flexibility index (Phi) is 5.55. The summed E-state index contributed by atoms with van der Waals surface area (Å²) in [6.07, 6.45) is 3.21. The molecule has 3 heterocycles. The maximum atomic E-state index is 12.9. The van der Waals surface area contributed by atoms with Crippen LogP contribution in [0, 0.1) is 5.92 Å². The van der Waals surface area contributed by atoms with Crippen molar-refractivity contribution in [1.82, 2.24) is 15.2 Å². The molecule has 2 amide bonds. The molecule has 0 unspecified atom stereocenters. The lowest BCUT2D eigenvalue weighted by atomic mass is 10.0. The number of pyridine rings is 1. The Morgan fingerprint density at radius 3 is 2.46 bits per heavy atom. The van der Waals surface area contributed by atoms with Crippen LogP contribution in [0.15, 0.2) is 47.2 Å². The molecule has 0 aliphatic carbocycles. The number of anilines is 1. The van der Waals surface area contributed by atoms with Crippen LogP contribution in [-0.2, 0) is 4.79 Å². The molecule has 138 valence electrons. The second-order valence-corrected chi connectivity index (χ2v) is 6.67. The van der Waals surface area contributed by atoms with E-state index >= 15 is 0 Å². The third-order valence-electron chi connectivity index (χ3n) is 4.53. The van der Waals surface area contributed by atoms with Crippen molar-refractivity contribution in [3.63, 3.8) is 0 Å². The lowest BCUT2D eigenvalue weighted by Gasteiger charge is -2.37. The van der Waals surface area contributed by atoms with E-state index in [9.17, 15) is 9.59 Å². The van der Waals surface area contributed by atoms with Gasteiger partial charge >= 0.3 is 0 Å². The van der Waals surface area contributed by atoms with Crippen LogP contribution in [0.3, 0.4) is 0 Å². The summed E-state index contributed by atoms with van der Waals surface area (Å²) in [5.74, 6) is 0.694. The lowest BCUT2D eigenvalue weighted by molar-refractivity contribution is -0.134. The van der Waals surface area contributed by atoms with E-state index in [0.29, 0.717) is 13.1 Å². The van der Waals surface area contributed by atoms with Gasteiger partial charge in [-0.15, -0.1) is 0 Å². The number of carbonyl (C=O) groups is 2. The van der Waals surface area contributed by atoms with Crippen LogP contribution >= 0.6 is 0 Å². The average Bonchev–Trinajstić information content (AvgIpc) is 3.21. The lowest BCUT2D eigenvalue weighted by Crippen LogP contribution is -2.56. The summed E-state index contributed by atoms with van der Waals surface area (Å²) in [5, 5.41) is 2.81. The first-order valence-corrected chi connectivity index (χ1v) is 8.85. The fourth-order valence-electron chi connectivity index (χ4n) is 3.03. The van der Waals surface area contributed by atoms with Crippen molar-refractivity contribution in [2.45, 2.75) is 19.9 Å². The topological polar surface area (TPSA) is 78.7 Å². The second kappa shape index (κ2) is 8.03. The molecule has 0 spiro atoms. The number of hydrogen-bond acceptors (Lipinski definition) is 5. The molecule has 0 bridgehead atoms. The van der Waals surface area contributed by atoms with Crippen LogP contribution in [0.2, 0.25) is 0 Å².